The third-order valence-electron chi connectivity index (χ3n) is 4.90. The van der Waals surface area contributed by atoms with Crippen molar-refractivity contribution in [3.05, 3.63) is 0 Å². The van der Waals surface area contributed by atoms with Crippen LogP contribution in [0.15, 0.2) is 4.99 Å². The molecule has 4 nitrogen and oxygen atoms in total. The van der Waals surface area contributed by atoms with E-state index in [1.54, 1.807) is 0 Å². The summed E-state index contributed by atoms with van der Waals surface area (Å²) in [4.78, 5) is 19.0. The number of nitrogens with zero attached hydrogens (tertiary/aromatic N) is 2. The SMILES string of the molecule is CCCCCCCCC(C)(C)C1=NCCN1CCOC(=O)C(C)(C)C. The summed E-state index contributed by atoms with van der Waals surface area (Å²) in [5.41, 5.74) is -0.325. The van der Waals surface area contributed by atoms with Crippen LogP contribution in [0, 0.1) is 10.8 Å². The average molecular weight is 353 g/mol. The van der Waals surface area contributed by atoms with E-state index in [2.05, 4.69) is 25.7 Å². The van der Waals surface area contributed by atoms with E-state index in [0.29, 0.717) is 6.61 Å². The van der Waals surface area contributed by atoms with Crippen LogP contribution in [0.3, 0.4) is 0 Å². The van der Waals surface area contributed by atoms with Gasteiger partial charge in [-0.2, -0.15) is 0 Å². The van der Waals surface area contributed by atoms with Crippen molar-refractivity contribution in [2.45, 2.75) is 86.5 Å². The molecule has 0 fully saturated rings. The second kappa shape index (κ2) is 10.2. The van der Waals surface area contributed by atoms with Crippen LogP contribution in [0.4, 0.5) is 0 Å². The first-order valence-corrected chi connectivity index (χ1v) is 10.2. The summed E-state index contributed by atoms with van der Waals surface area (Å²) in [6, 6.07) is 0. The van der Waals surface area contributed by atoms with Gasteiger partial charge in [-0.1, -0.05) is 59.3 Å². The maximum absolute atomic E-state index is 11.9. The summed E-state index contributed by atoms with van der Waals surface area (Å²) >= 11 is 0. The highest BCUT2D eigenvalue weighted by Gasteiger charge is 2.32. The van der Waals surface area contributed by atoms with E-state index in [-0.39, 0.29) is 11.4 Å². The lowest BCUT2D eigenvalue weighted by atomic mass is 9.84. The molecule has 0 saturated heterocycles. The van der Waals surface area contributed by atoms with E-state index in [0.717, 1.165) is 19.6 Å². The van der Waals surface area contributed by atoms with Crippen molar-refractivity contribution in [3.8, 4) is 0 Å². The van der Waals surface area contributed by atoms with E-state index in [9.17, 15) is 4.79 Å². The molecule has 0 amide bonds. The average Bonchev–Trinajstić information content (AvgIpc) is 2.99. The predicted molar refractivity (Wildman–Crippen MR) is 106 cm³/mol. The van der Waals surface area contributed by atoms with Crippen LogP contribution < -0.4 is 0 Å². The van der Waals surface area contributed by atoms with Gasteiger partial charge in [0, 0.05) is 12.0 Å². The fourth-order valence-electron chi connectivity index (χ4n) is 3.27. The molecule has 4 heteroatoms. The van der Waals surface area contributed by atoms with Crippen molar-refractivity contribution in [2.75, 3.05) is 26.2 Å². The Morgan fingerprint density at radius 2 is 1.72 bits per heavy atom. The van der Waals surface area contributed by atoms with Gasteiger partial charge in [0.25, 0.3) is 0 Å². The summed E-state index contributed by atoms with van der Waals surface area (Å²) in [6.07, 6.45) is 9.14. The zero-order chi connectivity index (χ0) is 18.9. The minimum absolute atomic E-state index is 0.106. The maximum atomic E-state index is 11.9. The molecule has 0 aromatic heterocycles. The van der Waals surface area contributed by atoms with Crippen molar-refractivity contribution in [2.24, 2.45) is 15.8 Å². The predicted octanol–water partition coefficient (Wildman–Crippen LogP) is 5.07. The smallest absolute Gasteiger partial charge is 0.311 e. The van der Waals surface area contributed by atoms with Crippen LogP contribution in [0.1, 0.15) is 86.5 Å². The molecule has 0 aromatic rings. The second-order valence-electron chi connectivity index (χ2n) is 8.98. The number of ether oxygens (including phenoxy) is 1. The molecule has 25 heavy (non-hydrogen) atoms. The Balaban J connectivity index is 2.38. The summed E-state index contributed by atoms with van der Waals surface area (Å²) < 4.78 is 5.43. The van der Waals surface area contributed by atoms with Crippen LogP contribution in [-0.4, -0.2) is 42.9 Å². The molecule has 0 atom stereocenters. The maximum Gasteiger partial charge on any atom is 0.311 e. The zero-order valence-electron chi connectivity index (χ0n) is 17.5. The summed E-state index contributed by atoms with van der Waals surface area (Å²) in [5.74, 6) is 1.07. The van der Waals surface area contributed by atoms with Crippen LogP contribution in [0.25, 0.3) is 0 Å². The van der Waals surface area contributed by atoms with Gasteiger partial charge in [-0.05, 0) is 27.2 Å². The second-order valence-corrected chi connectivity index (χ2v) is 8.98. The Hall–Kier alpha value is -1.06. The number of esters is 1. The van der Waals surface area contributed by atoms with Gasteiger partial charge in [0.15, 0.2) is 0 Å². The third-order valence-corrected chi connectivity index (χ3v) is 4.90. The molecular formula is C21H40N2O2. The van der Waals surface area contributed by atoms with Crippen molar-refractivity contribution in [1.29, 1.82) is 0 Å². The van der Waals surface area contributed by atoms with Crippen molar-refractivity contribution in [3.63, 3.8) is 0 Å². The van der Waals surface area contributed by atoms with E-state index in [1.165, 1.54) is 50.8 Å². The van der Waals surface area contributed by atoms with E-state index < -0.39 is 5.41 Å². The summed E-state index contributed by atoms with van der Waals surface area (Å²) in [6.45, 7) is 15.5. The lowest BCUT2D eigenvalue weighted by molar-refractivity contribution is -0.153. The Bertz CT molecular complexity index is 436. The monoisotopic (exact) mass is 352 g/mol. The van der Waals surface area contributed by atoms with Gasteiger partial charge in [-0.15, -0.1) is 0 Å². The number of hydrogen-bond donors (Lipinski definition) is 0. The number of hydrogen-bond acceptors (Lipinski definition) is 4. The number of unbranched alkanes of at least 4 members (excludes halogenated alkanes) is 5. The van der Waals surface area contributed by atoms with Crippen LogP contribution in [0.2, 0.25) is 0 Å². The molecule has 1 heterocycles. The van der Waals surface area contributed by atoms with Crippen LogP contribution in [0.5, 0.6) is 0 Å². The highest BCUT2D eigenvalue weighted by Crippen LogP contribution is 2.29. The molecule has 0 saturated carbocycles. The van der Waals surface area contributed by atoms with Crippen molar-refractivity contribution < 1.29 is 9.53 Å². The first-order chi connectivity index (χ1) is 11.7. The Labute approximate surface area is 155 Å². The topological polar surface area (TPSA) is 41.9 Å². The minimum atomic E-state index is -0.432. The Kier molecular flexibility index (Phi) is 8.95. The Morgan fingerprint density at radius 3 is 2.36 bits per heavy atom. The summed E-state index contributed by atoms with van der Waals surface area (Å²) in [5, 5.41) is 0. The van der Waals surface area contributed by atoms with Gasteiger partial charge in [0.05, 0.1) is 18.5 Å². The Morgan fingerprint density at radius 1 is 1.08 bits per heavy atom. The largest absolute Gasteiger partial charge is 0.463 e. The lowest BCUT2D eigenvalue weighted by Crippen LogP contribution is -2.40. The molecule has 146 valence electrons. The quantitative estimate of drug-likeness (QED) is 0.385. The van der Waals surface area contributed by atoms with E-state index in [4.69, 9.17) is 9.73 Å². The van der Waals surface area contributed by atoms with Gasteiger partial charge >= 0.3 is 5.97 Å². The highest BCUT2D eigenvalue weighted by atomic mass is 16.5. The molecule has 0 spiro atoms. The molecule has 0 bridgehead atoms. The number of carbonyl (C=O) groups is 1. The molecule has 0 N–H and O–H groups in total. The van der Waals surface area contributed by atoms with Gasteiger partial charge in [0.2, 0.25) is 0 Å². The first kappa shape index (κ1) is 22.0. The molecule has 1 aliphatic heterocycles. The van der Waals surface area contributed by atoms with E-state index in [1.807, 2.05) is 20.8 Å². The summed E-state index contributed by atoms with van der Waals surface area (Å²) in [7, 11) is 0. The van der Waals surface area contributed by atoms with Gasteiger partial charge < -0.3 is 9.64 Å². The standard InChI is InChI=1S/C21H40N2O2/c1-7-8-9-10-11-12-13-21(5,6)18-22-14-15-23(18)16-17-25-19(24)20(2,3)4/h7-17H2,1-6H3. The van der Waals surface area contributed by atoms with Gasteiger partial charge in [-0.25, -0.2) is 0 Å². The molecule has 0 unspecified atom stereocenters. The zero-order valence-corrected chi connectivity index (χ0v) is 17.5. The van der Waals surface area contributed by atoms with Gasteiger partial charge in [0.1, 0.15) is 12.4 Å². The number of rotatable bonds is 11. The normalized spacial score (nSPS) is 15.4. The fourth-order valence-corrected chi connectivity index (χ4v) is 3.27. The molecule has 0 radical (unpaired) electrons. The fraction of sp³-hybridized carbons (Fsp3) is 0.905. The molecule has 1 aliphatic rings. The van der Waals surface area contributed by atoms with Crippen molar-refractivity contribution >= 4 is 11.8 Å². The van der Waals surface area contributed by atoms with Gasteiger partial charge in [-0.3, -0.25) is 9.79 Å². The third kappa shape index (κ3) is 7.79. The first-order valence-electron chi connectivity index (χ1n) is 10.2. The molecular weight excluding hydrogens is 312 g/mol. The molecule has 0 aliphatic carbocycles. The highest BCUT2D eigenvalue weighted by molar-refractivity contribution is 5.88. The molecule has 1 rings (SSSR count). The van der Waals surface area contributed by atoms with Crippen LogP contribution in [-0.2, 0) is 9.53 Å². The number of carbonyl (C=O) groups excluding carboxylic acids is 1. The minimum Gasteiger partial charge on any atom is -0.463 e. The lowest BCUT2D eigenvalue weighted by Gasteiger charge is -2.32. The molecule has 0 aromatic carbocycles. The van der Waals surface area contributed by atoms with Crippen LogP contribution >= 0.6 is 0 Å². The van der Waals surface area contributed by atoms with E-state index >= 15 is 0 Å². The number of amidine groups is 1. The number of aliphatic imine (C=N–C) groups is 1. The van der Waals surface area contributed by atoms with Crippen molar-refractivity contribution in [1.82, 2.24) is 4.90 Å².